The van der Waals surface area contributed by atoms with E-state index in [9.17, 15) is 14.9 Å². The van der Waals surface area contributed by atoms with E-state index in [2.05, 4.69) is 10.5 Å². The van der Waals surface area contributed by atoms with Crippen molar-refractivity contribution in [3.8, 4) is 11.5 Å². The molecule has 2 aromatic carbocycles. The van der Waals surface area contributed by atoms with Crippen molar-refractivity contribution in [1.82, 2.24) is 5.43 Å². The van der Waals surface area contributed by atoms with Crippen molar-refractivity contribution in [3.63, 3.8) is 0 Å². The Morgan fingerprint density at radius 3 is 3.00 bits per heavy atom. The number of ether oxygens (including phenoxy) is 2. The van der Waals surface area contributed by atoms with Gasteiger partial charge in [-0.15, -0.1) is 0 Å². The molecule has 1 aliphatic heterocycles. The van der Waals surface area contributed by atoms with Crippen molar-refractivity contribution in [3.05, 3.63) is 63.2 Å². The van der Waals surface area contributed by atoms with Gasteiger partial charge in [0.05, 0.1) is 17.7 Å². The topological polar surface area (TPSA) is 103 Å². The molecule has 8 nitrogen and oxygen atoms in total. The number of hydrogen-bond acceptors (Lipinski definition) is 6. The van der Waals surface area contributed by atoms with Crippen LogP contribution in [0.1, 0.15) is 35.3 Å². The molecule has 1 atom stereocenters. The van der Waals surface area contributed by atoms with Gasteiger partial charge in [-0.2, -0.15) is 5.10 Å². The fourth-order valence-corrected chi connectivity index (χ4v) is 2.82. The van der Waals surface area contributed by atoms with Crippen LogP contribution in [0.4, 0.5) is 5.69 Å². The number of hydrogen-bond donors (Lipinski definition) is 1. The summed E-state index contributed by atoms with van der Waals surface area (Å²) in [6, 6.07) is 9.19. The zero-order valence-corrected chi connectivity index (χ0v) is 15.0. The maximum absolute atomic E-state index is 12.1. The predicted molar refractivity (Wildman–Crippen MR) is 99.6 cm³/mol. The van der Waals surface area contributed by atoms with Gasteiger partial charge in [0.25, 0.3) is 11.6 Å². The fourth-order valence-electron chi connectivity index (χ4n) is 2.82. The van der Waals surface area contributed by atoms with Crippen LogP contribution in [0.15, 0.2) is 41.5 Å². The molecule has 0 spiro atoms. The Morgan fingerprint density at radius 2 is 2.26 bits per heavy atom. The van der Waals surface area contributed by atoms with Crippen molar-refractivity contribution >= 4 is 17.8 Å². The van der Waals surface area contributed by atoms with Crippen molar-refractivity contribution in [2.45, 2.75) is 26.4 Å². The van der Waals surface area contributed by atoms with E-state index < -0.39 is 10.8 Å². The molecule has 0 bridgehead atoms. The minimum Gasteiger partial charge on any atom is -0.493 e. The van der Waals surface area contributed by atoms with Crippen molar-refractivity contribution < 1.29 is 19.2 Å². The highest BCUT2D eigenvalue weighted by Gasteiger charge is 2.21. The van der Waals surface area contributed by atoms with Gasteiger partial charge in [0.2, 0.25) is 0 Å². The van der Waals surface area contributed by atoms with E-state index >= 15 is 0 Å². The largest absolute Gasteiger partial charge is 0.493 e. The molecule has 140 valence electrons. The normalized spacial score (nSPS) is 15.3. The number of nitro benzene ring substituents is 1. The Kier molecular flexibility index (Phi) is 5.35. The number of hydrazone groups is 1. The van der Waals surface area contributed by atoms with Crippen molar-refractivity contribution in [2.75, 3.05) is 6.61 Å². The van der Waals surface area contributed by atoms with Crippen LogP contribution in [0.2, 0.25) is 0 Å². The first kappa shape index (κ1) is 18.4. The third kappa shape index (κ3) is 4.22. The first-order valence-electron chi connectivity index (χ1n) is 8.52. The van der Waals surface area contributed by atoms with Crippen LogP contribution in [-0.2, 0) is 6.42 Å². The van der Waals surface area contributed by atoms with Crippen molar-refractivity contribution in [1.29, 1.82) is 0 Å². The summed E-state index contributed by atoms with van der Waals surface area (Å²) in [5.41, 5.74) is 4.11. The van der Waals surface area contributed by atoms with E-state index in [1.165, 1.54) is 30.5 Å². The summed E-state index contributed by atoms with van der Waals surface area (Å²) in [4.78, 5) is 22.4. The Hall–Kier alpha value is -3.42. The van der Waals surface area contributed by atoms with Gasteiger partial charge in [-0.05, 0) is 32.0 Å². The highest BCUT2D eigenvalue weighted by atomic mass is 16.6. The summed E-state index contributed by atoms with van der Waals surface area (Å²) in [5, 5.41) is 14.8. The lowest BCUT2D eigenvalue weighted by Crippen LogP contribution is -2.17. The lowest BCUT2D eigenvalue weighted by Gasteiger charge is -2.09. The van der Waals surface area contributed by atoms with E-state index in [1.807, 2.05) is 26.0 Å². The number of carbonyl (C=O) groups is 1. The molecule has 0 radical (unpaired) electrons. The fraction of sp³-hybridized carbons (Fsp3) is 0.263. The lowest BCUT2D eigenvalue weighted by atomic mass is 10.1. The van der Waals surface area contributed by atoms with Gasteiger partial charge in [-0.1, -0.05) is 6.07 Å². The van der Waals surface area contributed by atoms with Gasteiger partial charge in [-0.3, -0.25) is 14.9 Å². The molecule has 2 aromatic rings. The number of carbonyl (C=O) groups excluding carboxylic acids is 1. The summed E-state index contributed by atoms with van der Waals surface area (Å²) in [6.45, 7) is 4.38. The van der Waals surface area contributed by atoms with Gasteiger partial charge in [0, 0.05) is 35.2 Å². The number of nitro groups is 1. The molecule has 0 saturated carbocycles. The maximum atomic E-state index is 12.1. The third-order valence-electron chi connectivity index (χ3n) is 4.02. The average molecular weight is 369 g/mol. The van der Waals surface area contributed by atoms with Crippen LogP contribution < -0.4 is 14.9 Å². The molecular weight excluding hydrogens is 350 g/mol. The monoisotopic (exact) mass is 369 g/mol. The van der Waals surface area contributed by atoms with Crippen molar-refractivity contribution in [2.24, 2.45) is 5.10 Å². The van der Waals surface area contributed by atoms with Crippen LogP contribution in [0.3, 0.4) is 0 Å². The molecule has 0 saturated heterocycles. The van der Waals surface area contributed by atoms with Crippen LogP contribution in [0.5, 0.6) is 11.5 Å². The van der Waals surface area contributed by atoms with E-state index in [1.54, 1.807) is 0 Å². The second-order valence-electron chi connectivity index (χ2n) is 6.07. The molecule has 27 heavy (non-hydrogen) atoms. The Labute approximate surface area is 155 Å². The Balaban J connectivity index is 1.76. The second kappa shape index (κ2) is 7.86. The number of nitrogens with zero attached hydrogens (tertiary/aromatic N) is 2. The van der Waals surface area contributed by atoms with E-state index in [0.29, 0.717) is 17.9 Å². The quantitative estimate of drug-likeness (QED) is 0.479. The minimum atomic E-state index is -0.556. The van der Waals surface area contributed by atoms with Crippen LogP contribution in [-0.4, -0.2) is 29.8 Å². The molecule has 1 aliphatic rings. The smallest absolute Gasteiger partial charge is 0.271 e. The van der Waals surface area contributed by atoms with Gasteiger partial charge in [0.1, 0.15) is 17.6 Å². The molecule has 0 aliphatic carbocycles. The summed E-state index contributed by atoms with van der Waals surface area (Å²) in [5.74, 6) is 0.888. The van der Waals surface area contributed by atoms with Gasteiger partial charge < -0.3 is 9.47 Å². The molecule has 1 amide bonds. The van der Waals surface area contributed by atoms with Crippen LogP contribution >= 0.6 is 0 Å². The van der Waals surface area contributed by atoms with Gasteiger partial charge in [-0.25, -0.2) is 5.43 Å². The van der Waals surface area contributed by atoms with E-state index in [0.717, 1.165) is 17.7 Å². The SMILES string of the molecule is CCOc1cc2c(cc1/C=N\NC(=O)c1cccc([N+](=O)[O-])c1)O[C@H](C)C2. The zero-order chi connectivity index (χ0) is 19.4. The van der Waals surface area contributed by atoms with Crippen LogP contribution in [0.25, 0.3) is 0 Å². The maximum Gasteiger partial charge on any atom is 0.271 e. The molecule has 0 unspecified atom stereocenters. The predicted octanol–water partition coefficient (Wildman–Crippen LogP) is 3.08. The minimum absolute atomic E-state index is 0.107. The Bertz CT molecular complexity index is 910. The number of amides is 1. The average Bonchev–Trinajstić information content (AvgIpc) is 3.01. The molecule has 8 heteroatoms. The molecule has 0 fully saturated rings. The molecular formula is C19H19N3O5. The first-order valence-corrected chi connectivity index (χ1v) is 8.52. The van der Waals surface area contributed by atoms with Crippen LogP contribution in [0, 0.1) is 10.1 Å². The molecule has 3 rings (SSSR count). The highest BCUT2D eigenvalue weighted by molar-refractivity contribution is 5.95. The summed E-state index contributed by atoms with van der Waals surface area (Å²) in [6.07, 6.45) is 2.39. The first-order chi connectivity index (χ1) is 13.0. The number of non-ortho nitro benzene ring substituents is 1. The summed E-state index contributed by atoms with van der Waals surface area (Å²) in [7, 11) is 0. The lowest BCUT2D eigenvalue weighted by molar-refractivity contribution is -0.384. The van der Waals surface area contributed by atoms with Gasteiger partial charge in [0.15, 0.2) is 0 Å². The van der Waals surface area contributed by atoms with E-state index in [-0.39, 0.29) is 17.4 Å². The van der Waals surface area contributed by atoms with Gasteiger partial charge >= 0.3 is 0 Å². The standard InChI is InChI=1S/C19H19N3O5/c1-3-26-17-9-14-7-12(2)27-18(14)10-15(17)11-20-21-19(23)13-5-4-6-16(8-13)22(24)25/h4-6,8-12H,3,7H2,1-2H3,(H,21,23)/b20-11-/t12-/m1/s1. The third-order valence-corrected chi connectivity index (χ3v) is 4.02. The molecule has 1 heterocycles. The second-order valence-corrected chi connectivity index (χ2v) is 6.07. The van der Waals surface area contributed by atoms with E-state index in [4.69, 9.17) is 9.47 Å². The molecule has 0 aromatic heterocycles. The highest BCUT2D eigenvalue weighted by Crippen LogP contribution is 2.34. The summed E-state index contributed by atoms with van der Waals surface area (Å²) >= 11 is 0. The molecule has 1 N–H and O–H groups in total. The number of benzene rings is 2. The number of rotatable bonds is 6. The summed E-state index contributed by atoms with van der Waals surface area (Å²) < 4.78 is 11.4. The number of nitrogens with one attached hydrogen (secondary N) is 1. The zero-order valence-electron chi connectivity index (χ0n) is 15.0. The number of fused-ring (bicyclic) bond motifs is 1. The Morgan fingerprint density at radius 1 is 1.44 bits per heavy atom.